The van der Waals surface area contributed by atoms with Crippen LogP contribution in [0, 0.1) is 6.92 Å². The van der Waals surface area contributed by atoms with Gasteiger partial charge in [-0.2, -0.15) is 0 Å². The minimum Gasteiger partial charge on any atom is -0.467 e. The first-order valence-electron chi connectivity index (χ1n) is 4.41. The number of anilines is 1. The molecule has 1 heterocycles. The van der Waals surface area contributed by atoms with Crippen LogP contribution in [0.4, 0.5) is 5.95 Å². The molecule has 0 aliphatic heterocycles. The summed E-state index contributed by atoms with van der Waals surface area (Å²) < 4.78 is 4.48. The van der Waals surface area contributed by atoms with Crippen molar-refractivity contribution in [2.24, 2.45) is 0 Å². The third kappa shape index (κ3) is 3.17. The Kier molecular flexibility index (Phi) is 3.99. The fourth-order valence-electron chi connectivity index (χ4n) is 0.944. The van der Waals surface area contributed by atoms with Gasteiger partial charge in [-0.1, -0.05) is 0 Å². The van der Waals surface area contributed by atoms with Crippen LogP contribution in [0.1, 0.15) is 5.56 Å². The largest absolute Gasteiger partial charge is 0.467 e. The van der Waals surface area contributed by atoms with Crippen LogP contribution >= 0.6 is 0 Å². The smallest absolute Gasteiger partial charge is 0.330 e. The second kappa shape index (κ2) is 5.26. The van der Waals surface area contributed by atoms with Crippen molar-refractivity contribution in [2.75, 3.05) is 19.0 Å². The number of aliphatic hydroxyl groups excluding tert-OH is 1. The van der Waals surface area contributed by atoms with Crippen LogP contribution in [0.25, 0.3) is 0 Å². The Morgan fingerprint density at radius 3 is 2.67 bits per heavy atom. The van der Waals surface area contributed by atoms with E-state index < -0.39 is 12.0 Å². The van der Waals surface area contributed by atoms with E-state index >= 15 is 0 Å². The zero-order chi connectivity index (χ0) is 11.3. The summed E-state index contributed by atoms with van der Waals surface area (Å²) in [6.45, 7) is 1.48. The van der Waals surface area contributed by atoms with Crippen molar-refractivity contribution >= 4 is 11.9 Å². The van der Waals surface area contributed by atoms with Gasteiger partial charge in [0.05, 0.1) is 13.7 Å². The summed E-state index contributed by atoms with van der Waals surface area (Å²) in [6.07, 6.45) is 3.22. The predicted molar refractivity (Wildman–Crippen MR) is 53.3 cm³/mol. The molecule has 1 aromatic heterocycles. The quantitative estimate of drug-likeness (QED) is 0.667. The number of nitrogens with zero attached hydrogens (tertiary/aromatic N) is 2. The van der Waals surface area contributed by atoms with E-state index in [4.69, 9.17) is 5.11 Å². The Morgan fingerprint density at radius 1 is 1.60 bits per heavy atom. The minimum absolute atomic E-state index is 0.282. The molecule has 0 aliphatic rings. The average Bonchev–Trinajstić information content (AvgIpc) is 2.27. The van der Waals surface area contributed by atoms with Crippen LogP contribution in [0.5, 0.6) is 0 Å². The van der Waals surface area contributed by atoms with Crippen molar-refractivity contribution in [1.82, 2.24) is 9.97 Å². The van der Waals surface area contributed by atoms with Gasteiger partial charge in [0.15, 0.2) is 6.04 Å². The maximum atomic E-state index is 11.1. The highest BCUT2D eigenvalue weighted by Crippen LogP contribution is 2.01. The summed E-state index contributed by atoms with van der Waals surface area (Å²) in [5.74, 6) is -0.272. The predicted octanol–water partition coefficient (Wildman–Crippen LogP) is -0.269. The number of rotatable bonds is 4. The SMILES string of the molecule is COC(=O)C(CO)Nc1ncc(C)cn1. The summed E-state index contributed by atoms with van der Waals surface area (Å²) in [5, 5.41) is 11.6. The Hall–Kier alpha value is -1.69. The van der Waals surface area contributed by atoms with Crippen LogP contribution in [0.2, 0.25) is 0 Å². The third-order valence-corrected chi connectivity index (χ3v) is 1.75. The van der Waals surface area contributed by atoms with Gasteiger partial charge in [-0.3, -0.25) is 0 Å². The fourth-order valence-corrected chi connectivity index (χ4v) is 0.944. The number of aromatic nitrogens is 2. The Labute approximate surface area is 87.3 Å². The van der Waals surface area contributed by atoms with Gasteiger partial charge in [0.2, 0.25) is 5.95 Å². The lowest BCUT2D eigenvalue weighted by Gasteiger charge is -2.13. The van der Waals surface area contributed by atoms with Gasteiger partial charge in [0.1, 0.15) is 0 Å². The van der Waals surface area contributed by atoms with Crippen molar-refractivity contribution in [3.63, 3.8) is 0 Å². The molecule has 2 N–H and O–H groups in total. The molecule has 1 rings (SSSR count). The molecule has 0 saturated carbocycles. The Balaban J connectivity index is 2.66. The zero-order valence-electron chi connectivity index (χ0n) is 8.60. The van der Waals surface area contributed by atoms with E-state index in [0.717, 1.165) is 5.56 Å². The van der Waals surface area contributed by atoms with Gasteiger partial charge in [-0.15, -0.1) is 0 Å². The molecule has 1 unspecified atom stereocenters. The molecule has 82 valence electrons. The van der Waals surface area contributed by atoms with E-state index in [2.05, 4.69) is 20.0 Å². The van der Waals surface area contributed by atoms with Gasteiger partial charge in [-0.25, -0.2) is 14.8 Å². The van der Waals surface area contributed by atoms with E-state index in [0.29, 0.717) is 0 Å². The van der Waals surface area contributed by atoms with E-state index in [1.807, 2.05) is 6.92 Å². The maximum absolute atomic E-state index is 11.1. The maximum Gasteiger partial charge on any atom is 0.330 e. The average molecular weight is 211 g/mol. The lowest BCUT2D eigenvalue weighted by Crippen LogP contribution is -2.34. The van der Waals surface area contributed by atoms with E-state index in [1.165, 1.54) is 7.11 Å². The molecule has 0 bridgehead atoms. The summed E-state index contributed by atoms with van der Waals surface area (Å²) >= 11 is 0. The first kappa shape index (κ1) is 11.4. The van der Waals surface area contributed by atoms with Crippen LogP contribution in [-0.2, 0) is 9.53 Å². The second-order valence-electron chi connectivity index (χ2n) is 2.99. The number of carbonyl (C=O) groups excluding carboxylic acids is 1. The molecule has 0 fully saturated rings. The van der Waals surface area contributed by atoms with Crippen LogP contribution in [-0.4, -0.2) is 40.8 Å². The lowest BCUT2D eigenvalue weighted by atomic mass is 10.3. The van der Waals surface area contributed by atoms with E-state index in [-0.39, 0.29) is 12.6 Å². The molecule has 1 aromatic rings. The van der Waals surface area contributed by atoms with Gasteiger partial charge in [0.25, 0.3) is 0 Å². The molecule has 0 amide bonds. The molecule has 0 spiro atoms. The number of ether oxygens (including phenoxy) is 1. The molecule has 0 saturated heterocycles. The Bertz CT molecular complexity index is 326. The number of hydrogen-bond donors (Lipinski definition) is 2. The molecule has 0 radical (unpaired) electrons. The highest BCUT2D eigenvalue weighted by molar-refractivity contribution is 5.78. The number of carbonyl (C=O) groups is 1. The fraction of sp³-hybridized carbons (Fsp3) is 0.444. The Morgan fingerprint density at radius 2 is 2.20 bits per heavy atom. The van der Waals surface area contributed by atoms with E-state index in [1.54, 1.807) is 12.4 Å². The summed E-state index contributed by atoms with van der Waals surface area (Å²) in [7, 11) is 1.25. The van der Waals surface area contributed by atoms with Crippen molar-refractivity contribution in [3.8, 4) is 0 Å². The first-order valence-corrected chi connectivity index (χ1v) is 4.41. The van der Waals surface area contributed by atoms with E-state index in [9.17, 15) is 4.79 Å². The van der Waals surface area contributed by atoms with Crippen LogP contribution < -0.4 is 5.32 Å². The molecular weight excluding hydrogens is 198 g/mol. The number of hydrogen-bond acceptors (Lipinski definition) is 6. The molecule has 0 aromatic carbocycles. The van der Waals surface area contributed by atoms with Gasteiger partial charge in [-0.05, 0) is 12.5 Å². The summed E-state index contributed by atoms with van der Waals surface area (Å²) in [6, 6.07) is -0.835. The lowest BCUT2D eigenvalue weighted by molar-refractivity contribution is -0.142. The van der Waals surface area contributed by atoms with Crippen molar-refractivity contribution in [1.29, 1.82) is 0 Å². The second-order valence-corrected chi connectivity index (χ2v) is 2.99. The number of nitrogens with one attached hydrogen (secondary N) is 1. The number of aryl methyl sites for hydroxylation is 1. The molecule has 0 aliphatic carbocycles. The topological polar surface area (TPSA) is 84.3 Å². The summed E-state index contributed by atoms with van der Waals surface area (Å²) in [5.41, 5.74) is 0.916. The molecule has 6 nitrogen and oxygen atoms in total. The number of esters is 1. The standard InChI is InChI=1S/C9H13N3O3/c1-6-3-10-9(11-4-6)12-7(5-13)8(14)15-2/h3-4,7,13H,5H2,1-2H3,(H,10,11,12). The van der Waals surface area contributed by atoms with Crippen molar-refractivity contribution in [2.45, 2.75) is 13.0 Å². The van der Waals surface area contributed by atoms with Gasteiger partial charge < -0.3 is 15.2 Å². The van der Waals surface area contributed by atoms with Gasteiger partial charge >= 0.3 is 5.97 Å². The van der Waals surface area contributed by atoms with Gasteiger partial charge in [0, 0.05) is 12.4 Å². The monoisotopic (exact) mass is 211 g/mol. The number of aliphatic hydroxyl groups is 1. The summed E-state index contributed by atoms with van der Waals surface area (Å²) in [4.78, 5) is 19.0. The minimum atomic E-state index is -0.835. The van der Waals surface area contributed by atoms with Crippen LogP contribution in [0.3, 0.4) is 0 Å². The normalized spacial score (nSPS) is 11.9. The molecule has 6 heteroatoms. The molecule has 15 heavy (non-hydrogen) atoms. The highest BCUT2D eigenvalue weighted by atomic mass is 16.5. The first-order chi connectivity index (χ1) is 7.17. The molecular formula is C9H13N3O3. The zero-order valence-corrected chi connectivity index (χ0v) is 8.60. The van der Waals surface area contributed by atoms with Crippen LogP contribution in [0.15, 0.2) is 12.4 Å². The highest BCUT2D eigenvalue weighted by Gasteiger charge is 2.18. The third-order valence-electron chi connectivity index (χ3n) is 1.75. The number of methoxy groups -OCH3 is 1. The molecule has 1 atom stereocenters. The van der Waals surface area contributed by atoms with Crippen molar-refractivity contribution in [3.05, 3.63) is 18.0 Å². The van der Waals surface area contributed by atoms with Crippen molar-refractivity contribution < 1.29 is 14.6 Å².